The minimum Gasteiger partial charge on any atom is -0.396 e. The summed E-state index contributed by atoms with van der Waals surface area (Å²) in [5.74, 6) is 4.92. The lowest BCUT2D eigenvalue weighted by molar-refractivity contribution is 0.628. The number of rotatable bonds is 3. The predicted molar refractivity (Wildman–Crippen MR) is 75.9 cm³/mol. The summed E-state index contributed by atoms with van der Waals surface area (Å²) in [6.45, 7) is 0. The summed E-state index contributed by atoms with van der Waals surface area (Å²) in [6.07, 6.45) is 0. The van der Waals surface area contributed by atoms with Crippen molar-refractivity contribution in [2.75, 3.05) is 0 Å². The van der Waals surface area contributed by atoms with Crippen molar-refractivity contribution in [3.05, 3.63) is 65.6 Å². The third-order valence-corrected chi connectivity index (χ3v) is 2.86. The maximum absolute atomic E-state index is 13.2. The molecule has 0 amide bonds. The average Bonchev–Trinajstić information content (AvgIpc) is 2.48. The van der Waals surface area contributed by atoms with E-state index >= 15 is 0 Å². The number of nitrogens with two attached hydrogens (primary N) is 2. The zero-order valence-electron chi connectivity index (χ0n) is 10.6. The number of halogens is 1. The third kappa shape index (κ3) is 2.76. The van der Waals surface area contributed by atoms with E-state index in [2.05, 4.69) is 5.43 Å². The Labute approximate surface area is 116 Å². The van der Waals surface area contributed by atoms with Crippen molar-refractivity contribution in [2.24, 2.45) is 11.6 Å². The molecule has 5 heteroatoms. The van der Waals surface area contributed by atoms with E-state index in [1.165, 1.54) is 12.1 Å². The summed E-state index contributed by atoms with van der Waals surface area (Å²) >= 11 is 0. The fraction of sp³-hybridized carbons (Fsp3) is 0. The smallest absolute Gasteiger partial charge is 0.151 e. The van der Waals surface area contributed by atoms with Gasteiger partial charge in [0.05, 0.1) is 5.70 Å². The fourth-order valence-electron chi connectivity index (χ4n) is 1.85. The molecular formula is C15H13FN4. The second-order valence-corrected chi connectivity index (χ2v) is 4.14. The monoisotopic (exact) mass is 268 g/mol. The number of allylic oxidation sites excluding steroid dienone is 1. The van der Waals surface area contributed by atoms with Gasteiger partial charge in [-0.2, -0.15) is 5.26 Å². The van der Waals surface area contributed by atoms with Crippen molar-refractivity contribution in [3.63, 3.8) is 0 Å². The Morgan fingerprint density at radius 1 is 1.10 bits per heavy atom. The molecule has 2 rings (SSSR count). The molecule has 0 aliphatic carbocycles. The minimum absolute atomic E-state index is 0.0846. The maximum Gasteiger partial charge on any atom is 0.151 e. The van der Waals surface area contributed by atoms with Gasteiger partial charge in [-0.3, -0.25) is 0 Å². The molecule has 100 valence electrons. The first-order valence-electron chi connectivity index (χ1n) is 5.88. The van der Waals surface area contributed by atoms with Gasteiger partial charge in [-0.15, -0.1) is 0 Å². The molecule has 0 spiro atoms. The van der Waals surface area contributed by atoms with E-state index in [4.69, 9.17) is 16.8 Å². The van der Waals surface area contributed by atoms with Crippen LogP contribution in [0.25, 0.3) is 16.8 Å². The Morgan fingerprint density at radius 2 is 1.75 bits per heavy atom. The summed E-state index contributed by atoms with van der Waals surface area (Å²) in [5.41, 5.74) is 10.6. The van der Waals surface area contributed by atoms with E-state index in [9.17, 15) is 4.39 Å². The van der Waals surface area contributed by atoms with Crippen molar-refractivity contribution in [1.82, 2.24) is 5.43 Å². The van der Waals surface area contributed by atoms with E-state index in [-0.39, 0.29) is 17.2 Å². The average molecular weight is 268 g/mol. The summed E-state index contributed by atoms with van der Waals surface area (Å²) < 4.78 is 13.2. The highest BCUT2D eigenvalue weighted by Gasteiger charge is 2.06. The molecule has 2 aromatic carbocycles. The first-order valence-corrected chi connectivity index (χ1v) is 5.88. The highest BCUT2D eigenvalue weighted by atomic mass is 19.1. The van der Waals surface area contributed by atoms with Crippen molar-refractivity contribution in [1.29, 1.82) is 5.26 Å². The van der Waals surface area contributed by atoms with Gasteiger partial charge in [0.15, 0.2) is 5.70 Å². The summed E-state index contributed by atoms with van der Waals surface area (Å²) in [5, 5.41) is 8.90. The third-order valence-electron chi connectivity index (χ3n) is 2.86. The fourth-order valence-corrected chi connectivity index (χ4v) is 1.85. The Bertz CT molecular complexity index is 701. The van der Waals surface area contributed by atoms with Crippen LogP contribution >= 0.6 is 0 Å². The van der Waals surface area contributed by atoms with Crippen LogP contribution < -0.4 is 17.0 Å². The molecule has 2 aromatic rings. The molecule has 0 aliphatic rings. The largest absolute Gasteiger partial charge is 0.396 e. The van der Waals surface area contributed by atoms with E-state index in [1.54, 1.807) is 30.3 Å². The van der Waals surface area contributed by atoms with Gasteiger partial charge in [0.25, 0.3) is 0 Å². The molecule has 0 aromatic heterocycles. The van der Waals surface area contributed by atoms with Crippen LogP contribution in [-0.4, -0.2) is 0 Å². The number of hydrogen-bond donors (Lipinski definition) is 3. The van der Waals surface area contributed by atoms with Crippen LogP contribution in [0, 0.1) is 17.1 Å². The van der Waals surface area contributed by atoms with Crippen molar-refractivity contribution in [3.8, 4) is 17.2 Å². The van der Waals surface area contributed by atoms with Gasteiger partial charge in [-0.25, -0.2) is 10.2 Å². The molecule has 4 nitrogen and oxygen atoms in total. The van der Waals surface area contributed by atoms with Crippen LogP contribution in [0.3, 0.4) is 0 Å². The molecule has 0 atom stereocenters. The number of benzene rings is 2. The lowest BCUT2D eigenvalue weighted by Crippen LogP contribution is -2.23. The number of nitrogens with zero attached hydrogens (tertiary/aromatic N) is 1. The summed E-state index contributed by atoms with van der Waals surface area (Å²) in [6, 6.07) is 15.3. The molecule has 0 unspecified atom stereocenters. The molecule has 0 aliphatic heterocycles. The van der Waals surface area contributed by atoms with Crippen LogP contribution in [0.15, 0.2) is 54.2 Å². The molecule has 0 heterocycles. The van der Waals surface area contributed by atoms with E-state index in [0.717, 1.165) is 11.1 Å². The van der Waals surface area contributed by atoms with Crippen LogP contribution in [0.2, 0.25) is 0 Å². The predicted octanol–water partition coefficient (Wildman–Crippen LogP) is 2.11. The standard InChI is InChI=1S/C15H13FN4/c16-13-6-2-4-11(8-13)10-3-1-5-12(7-10)15(18)14(9-17)20-19/h1-8,20H,18-19H2/b15-14-. The lowest BCUT2D eigenvalue weighted by atomic mass is 10.0. The normalized spacial score (nSPS) is 11.4. The Balaban J connectivity index is 2.49. The summed E-state index contributed by atoms with van der Waals surface area (Å²) in [4.78, 5) is 0. The molecule has 0 radical (unpaired) electrons. The van der Waals surface area contributed by atoms with Gasteiger partial charge in [-0.05, 0) is 29.3 Å². The number of hydrazine groups is 1. The van der Waals surface area contributed by atoms with Gasteiger partial charge in [0, 0.05) is 5.56 Å². The minimum atomic E-state index is -0.308. The molecule has 0 bridgehead atoms. The second kappa shape index (κ2) is 5.87. The SMILES string of the molecule is N#C/C(NN)=C(/N)c1cccc(-c2cccc(F)c2)c1. The summed E-state index contributed by atoms with van der Waals surface area (Å²) in [7, 11) is 0. The van der Waals surface area contributed by atoms with Crippen LogP contribution in [0.4, 0.5) is 4.39 Å². The maximum atomic E-state index is 13.2. The van der Waals surface area contributed by atoms with Gasteiger partial charge in [-0.1, -0.05) is 30.3 Å². The molecule has 5 N–H and O–H groups in total. The van der Waals surface area contributed by atoms with Crippen LogP contribution in [0.5, 0.6) is 0 Å². The number of nitrogens with one attached hydrogen (secondary N) is 1. The first-order chi connectivity index (χ1) is 9.65. The van der Waals surface area contributed by atoms with Crippen molar-refractivity contribution >= 4 is 5.70 Å². The van der Waals surface area contributed by atoms with Crippen LogP contribution in [-0.2, 0) is 0 Å². The van der Waals surface area contributed by atoms with Gasteiger partial charge in [0.1, 0.15) is 11.9 Å². The number of hydrogen-bond acceptors (Lipinski definition) is 4. The molecule has 0 fully saturated rings. The lowest BCUT2D eigenvalue weighted by Gasteiger charge is -2.08. The van der Waals surface area contributed by atoms with Crippen LogP contribution in [0.1, 0.15) is 5.56 Å². The molecular weight excluding hydrogens is 255 g/mol. The highest BCUT2D eigenvalue weighted by molar-refractivity contribution is 5.74. The van der Waals surface area contributed by atoms with Gasteiger partial charge in [0.2, 0.25) is 0 Å². The van der Waals surface area contributed by atoms with E-state index in [0.29, 0.717) is 5.56 Å². The quantitative estimate of drug-likeness (QED) is 0.452. The molecule has 0 saturated heterocycles. The van der Waals surface area contributed by atoms with Crippen molar-refractivity contribution in [2.45, 2.75) is 0 Å². The topological polar surface area (TPSA) is 87.9 Å². The molecule has 0 saturated carbocycles. The number of nitriles is 1. The second-order valence-electron chi connectivity index (χ2n) is 4.14. The van der Waals surface area contributed by atoms with Gasteiger partial charge < -0.3 is 11.2 Å². The van der Waals surface area contributed by atoms with Crippen molar-refractivity contribution < 1.29 is 4.39 Å². The Hall–Kier alpha value is -2.84. The molecule has 20 heavy (non-hydrogen) atoms. The highest BCUT2D eigenvalue weighted by Crippen LogP contribution is 2.23. The van der Waals surface area contributed by atoms with Gasteiger partial charge >= 0.3 is 0 Å². The zero-order chi connectivity index (χ0) is 14.5. The van der Waals surface area contributed by atoms with E-state index < -0.39 is 0 Å². The van der Waals surface area contributed by atoms with E-state index in [1.807, 2.05) is 12.1 Å². The first kappa shape index (κ1) is 13.6. The Kier molecular flexibility index (Phi) is 3.99. The zero-order valence-corrected chi connectivity index (χ0v) is 10.6. The Morgan fingerprint density at radius 3 is 2.35 bits per heavy atom.